The highest BCUT2D eigenvalue weighted by Gasteiger charge is 2.00. The van der Waals surface area contributed by atoms with Gasteiger partial charge in [0.1, 0.15) is 5.82 Å². The number of aryl methyl sites for hydroxylation is 3. The van der Waals surface area contributed by atoms with E-state index in [-0.39, 0.29) is 5.82 Å². The zero-order valence-electron chi connectivity index (χ0n) is 8.76. The van der Waals surface area contributed by atoms with Crippen LogP contribution in [0.25, 0.3) is 0 Å². The summed E-state index contributed by atoms with van der Waals surface area (Å²) in [6.45, 7) is 2.07. The van der Waals surface area contributed by atoms with Crippen LogP contribution in [0.3, 0.4) is 0 Å². The van der Waals surface area contributed by atoms with Gasteiger partial charge in [0.05, 0.1) is 0 Å². The van der Waals surface area contributed by atoms with Gasteiger partial charge in [0, 0.05) is 11.9 Å². The second-order valence-corrected chi connectivity index (χ2v) is 3.75. The van der Waals surface area contributed by atoms with Gasteiger partial charge in [0.25, 0.3) is 0 Å². The Balaban J connectivity index is 1.99. The number of hydrogen-bond donors (Lipinski definition) is 1. The largest absolute Gasteiger partial charge is 0.365 e. The maximum atomic E-state index is 12.7. The maximum Gasteiger partial charge on any atom is 0.123 e. The zero-order valence-corrected chi connectivity index (χ0v) is 8.76. The molecule has 1 N–H and O–H groups in total. The van der Waals surface area contributed by atoms with E-state index in [4.69, 9.17) is 0 Å². The summed E-state index contributed by atoms with van der Waals surface area (Å²) in [6, 6.07) is 8.81. The molecule has 0 amide bonds. The molecule has 2 rings (SSSR count). The molecule has 0 saturated heterocycles. The first-order valence-electron chi connectivity index (χ1n) is 5.13. The van der Waals surface area contributed by atoms with Gasteiger partial charge in [-0.15, -0.1) is 0 Å². The van der Waals surface area contributed by atoms with E-state index >= 15 is 0 Å². The van der Waals surface area contributed by atoms with Crippen LogP contribution < -0.4 is 0 Å². The fourth-order valence-electron chi connectivity index (χ4n) is 1.69. The van der Waals surface area contributed by atoms with Gasteiger partial charge in [-0.1, -0.05) is 12.1 Å². The van der Waals surface area contributed by atoms with Crippen molar-refractivity contribution in [3.63, 3.8) is 0 Å². The van der Waals surface area contributed by atoms with E-state index in [1.807, 2.05) is 18.3 Å². The minimum atomic E-state index is -0.170. The van der Waals surface area contributed by atoms with Crippen molar-refractivity contribution < 1.29 is 4.39 Å². The molecule has 0 fully saturated rings. The van der Waals surface area contributed by atoms with Crippen molar-refractivity contribution in [3.05, 3.63) is 59.2 Å². The van der Waals surface area contributed by atoms with Gasteiger partial charge in [-0.25, -0.2) is 4.39 Å². The highest BCUT2D eigenvalue weighted by atomic mass is 19.1. The number of benzene rings is 1. The van der Waals surface area contributed by atoms with Crippen molar-refractivity contribution in [2.75, 3.05) is 0 Å². The van der Waals surface area contributed by atoms with Crippen LogP contribution in [0.15, 0.2) is 36.5 Å². The van der Waals surface area contributed by atoms with E-state index in [9.17, 15) is 4.39 Å². The Morgan fingerprint density at radius 1 is 1.07 bits per heavy atom. The summed E-state index contributed by atoms with van der Waals surface area (Å²) in [5.74, 6) is -0.170. The predicted octanol–water partition coefficient (Wildman–Crippen LogP) is 3.25. The molecule has 1 heterocycles. The second-order valence-electron chi connectivity index (χ2n) is 3.75. The van der Waals surface area contributed by atoms with Crippen molar-refractivity contribution in [2.24, 2.45) is 0 Å². The first-order chi connectivity index (χ1) is 7.25. The molecule has 2 aromatic rings. The Bertz CT molecular complexity index is 428. The van der Waals surface area contributed by atoms with Gasteiger partial charge >= 0.3 is 0 Å². The predicted molar refractivity (Wildman–Crippen MR) is 59.3 cm³/mol. The standard InChI is InChI=1S/C13H14FN/c1-10-12(8-9-15-10)5-2-11-3-6-13(14)7-4-11/h3-4,6-9,15H,2,5H2,1H3. The van der Waals surface area contributed by atoms with E-state index in [2.05, 4.69) is 18.0 Å². The average Bonchev–Trinajstić information content (AvgIpc) is 2.63. The van der Waals surface area contributed by atoms with E-state index in [0.29, 0.717) is 0 Å². The average molecular weight is 203 g/mol. The Labute approximate surface area is 89.0 Å². The van der Waals surface area contributed by atoms with E-state index in [1.165, 1.54) is 29.0 Å². The summed E-state index contributed by atoms with van der Waals surface area (Å²) in [4.78, 5) is 3.15. The minimum absolute atomic E-state index is 0.170. The molecule has 2 heteroatoms. The molecule has 78 valence electrons. The Morgan fingerprint density at radius 2 is 1.80 bits per heavy atom. The monoisotopic (exact) mass is 203 g/mol. The third-order valence-corrected chi connectivity index (χ3v) is 2.66. The van der Waals surface area contributed by atoms with Crippen LogP contribution in [0.4, 0.5) is 4.39 Å². The van der Waals surface area contributed by atoms with Crippen LogP contribution in [0, 0.1) is 12.7 Å². The highest BCUT2D eigenvalue weighted by molar-refractivity contribution is 5.22. The third kappa shape index (κ3) is 2.46. The van der Waals surface area contributed by atoms with Gasteiger partial charge < -0.3 is 4.98 Å². The van der Waals surface area contributed by atoms with Crippen molar-refractivity contribution in [2.45, 2.75) is 19.8 Å². The second kappa shape index (κ2) is 4.30. The van der Waals surface area contributed by atoms with Gasteiger partial charge in [0.15, 0.2) is 0 Å². The van der Waals surface area contributed by atoms with Gasteiger partial charge in [-0.2, -0.15) is 0 Å². The molecule has 0 bridgehead atoms. The Kier molecular flexibility index (Phi) is 2.86. The summed E-state index contributed by atoms with van der Waals surface area (Å²) < 4.78 is 12.7. The summed E-state index contributed by atoms with van der Waals surface area (Å²) in [5.41, 5.74) is 3.73. The van der Waals surface area contributed by atoms with E-state index in [0.717, 1.165) is 12.8 Å². The fraction of sp³-hybridized carbons (Fsp3) is 0.231. The van der Waals surface area contributed by atoms with Crippen molar-refractivity contribution in [3.8, 4) is 0 Å². The van der Waals surface area contributed by atoms with Crippen LogP contribution in [0.5, 0.6) is 0 Å². The minimum Gasteiger partial charge on any atom is -0.365 e. The lowest BCUT2D eigenvalue weighted by molar-refractivity contribution is 0.627. The number of aromatic nitrogens is 1. The lowest BCUT2D eigenvalue weighted by atomic mass is 10.1. The number of H-pyrrole nitrogens is 1. The summed E-state index contributed by atoms with van der Waals surface area (Å²) in [5, 5.41) is 0. The molecule has 0 spiro atoms. The highest BCUT2D eigenvalue weighted by Crippen LogP contribution is 2.10. The first-order valence-corrected chi connectivity index (χ1v) is 5.13. The molecule has 1 aromatic carbocycles. The number of rotatable bonds is 3. The summed E-state index contributed by atoms with van der Waals surface area (Å²) >= 11 is 0. The van der Waals surface area contributed by atoms with Gasteiger partial charge in [0.2, 0.25) is 0 Å². The molecule has 15 heavy (non-hydrogen) atoms. The lowest BCUT2D eigenvalue weighted by Gasteiger charge is -2.01. The first kappa shape index (κ1) is 9.97. The molecular weight excluding hydrogens is 189 g/mol. The number of aromatic amines is 1. The zero-order chi connectivity index (χ0) is 10.7. The maximum absolute atomic E-state index is 12.7. The van der Waals surface area contributed by atoms with Crippen LogP contribution >= 0.6 is 0 Å². The molecular formula is C13H14FN. The molecule has 0 saturated carbocycles. The fourth-order valence-corrected chi connectivity index (χ4v) is 1.69. The van der Waals surface area contributed by atoms with E-state index < -0.39 is 0 Å². The number of hydrogen-bond acceptors (Lipinski definition) is 0. The summed E-state index contributed by atoms with van der Waals surface area (Å²) in [6.07, 6.45) is 3.91. The van der Waals surface area contributed by atoms with Crippen molar-refractivity contribution >= 4 is 0 Å². The van der Waals surface area contributed by atoms with Crippen molar-refractivity contribution in [1.82, 2.24) is 4.98 Å². The van der Waals surface area contributed by atoms with Crippen LogP contribution in [0.1, 0.15) is 16.8 Å². The molecule has 0 aliphatic rings. The normalized spacial score (nSPS) is 10.5. The Hall–Kier alpha value is -1.57. The van der Waals surface area contributed by atoms with E-state index in [1.54, 1.807) is 0 Å². The number of halogens is 1. The smallest absolute Gasteiger partial charge is 0.123 e. The van der Waals surface area contributed by atoms with Gasteiger partial charge in [-0.05, 0) is 49.1 Å². The SMILES string of the molecule is Cc1[nH]ccc1CCc1ccc(F)cc1. The molecule has 1 nitrogen and oxygen atoms in total. The summed E-state index contributed by atoms with van der Waals surface area (Å²) in [7, 11) is 0. The topological polar surface area (TPSA) is 15.8 Å². The third-order valence-electron chi connectivity index (χ3n) is 2.66. The van der Waals surface area contributed by atoms with Crippen LogP contribution in [-0.2, 0) is 12.8 Å². The molecule has 1 aromatic heterocycles. The van der Waals surface area contributed by atoms with Crippen molar-refractivity contribution in [1.29, 1.82) is 0 Å². The molecule has 0 atom stereocenters. The van der Waals surface area contributed by atoms with Gasteiger partial charge in [-0.3, -0.25) is 0 Å². The Morgan fingerprint density at radius 3 is 2.40 bits per heavy atom. The molecule has 0 aliphatic carbocycles. The van der Waals surface area contributed by atoms with Crippen LogP contribution in [0.2, 0.25) is 0 Å². The molecule has 0 radical (unpaired) electrons. The quantitative estimate of drug-likeness (QED) is 0.788. The van der Waals surface area contributed by atoms with Crippen LogP contribution in [-0.4, -0.2) is 4.98 Å². The molecule has 0 aliphatic heterocycles. The number of nitrogens with one attached hydrogen (secondary N) is 1. The molecule has 0 unspecified atom stereocenters. The lowest BCUT2D eigenvalue weighted by Crippen LogP contribution is -1.92.